The van der Waals surface area contributed by atoms with Crippen LogP contribution in [0.25, 0.3) is 0 Å². The molecule has 20 heavy (non-hydrogen) atoms. The van der Waals surface area contributed by atoms with Crippen molar-refractivity contribution >= 4 is 5.91 Å². The first-order valence-corrected chi connectivity index (χ1v) is 6.97. The van der Waals surface area contributed by atoms with Crippen LogP contribution in [-0.2, 0) is 9.53 Å². The summed E-state index contributed by atoms with van der Waals surface area (Å²) in [6.07, 6.45) is 0.301. The number of nitrogens with one attached hydrogen (secondary N) is 1. The van der Waals surface area contributed by atoms with E-state index in [9.17, 15) is 4.79 Å². The van der Waals surface area contributed by atoms with Gasteiger partial charge in [-0.25, -0.2) is 0 Å². The fraction of sp³-hybridized carbons (Fsp3) is 0.562. The molecular weight excluding hydrogens is 254 g/mol. The van der Waals surface area contributed by atoms with E-state index in [2.05, 4.69) is 11.4 Å². The summed E-state index contributed by atoms with van der Waals surface area (Å²) in [5, 5.41) is 2.84. The van der Waals surface area contributed by atoms with Crippen molar-refractivity contribution in [1.82, 2.24) is 5.32 Å². The van der Waals surface area contributed by atoms with Gasteiger partial charge in [-0.1, -0.05) is 6.07 Å². The third-order valence-electron chi connectivity index (χ3n) is 3.26. The first kappa shape index (κ1) is 16.5. The van der Waals surface area contributed by atoms with Crippen molar-refractivity contribution in [1.29, 1.82) is 0 Å². The van der Waals surface area contributed by atoms with E-state index in [-0.39, 0.29) is 5.91 Å². The second-order valence-corrected chi connectivity index (χ2v) is 5.10. The van der Waals surface area contributed by atoms with Crippen LogP contribution in [0.3, 0.4) is 0 Å². The molecule has 0 aliphatic heterocycles. The topological polar surface area (TPSA) is 47.6 Å². The molecule has 0 heterocycles. The maximum absolute atomic E-state index is 11.9. The summed E-state index contributed by atoms with van der Waals surface area (Å²) in [4.78, 5) is 11.9. The number of benzene rings is 1. The number of methoxy groups -OCH3 is 1. The van der Waals surface area contributed by atoms with Crippen molar-refractivity contribution in [3.8, 4) is 5.75 Å². The van der Waals surface area contributed by atoms with Gasteiger partial charge in [-0.2, -0.15) is 0 Å². The maximum Gasteiger partial charge on any atom is 0.260 e. The molecule has 0 bridgehead atoms. The Morgan fingerprint density at radius 1 is 1.30 bits per heavy atom. The number of amides is 1. The van der Waals surface area contributed by atoms with Gasteiger partial charge in [-0.3, -0.25) is 4.79 Å². The molecule has 4 nitrogen and oxygen atoms in total. The quantitative estimate of drug-likeness (QED) is 0.780. The molecule has 0 aliphatic rings. The molecular formula is C16H25NO3. The Kier molecular flexibility index (Phi) is 6.52. The van der Waals surface area contributed by atoms with E-state index in [0.29, 0.717) is 13.2 Å². The standard InChI is InChI=1S/C16H25NO3/c1-11-9-12(2)13(3)15(10-11)20-14(4)16(18)17-7-6-8-19-5/h9-10,14H,6-8H2,1-5H3,(H,17,18). The Bertz CT molecular complexity index is 457. The molecule has 0 saturated heterocycles. The Labute approximate surface area is 121 Å². The second-order valence-electron chi connectivity index (χ2n) is 5.10. The van der Waals surface area contributed by atoms with Crippen molar-refractivity contribution < 1.29 is 14.3 Å². The van der Waals surface area contributed by atoms with Gasteiger partial charge in [0.25, 0.3) is 5.91 Å². The molecule has 0 radical (unpaired) electrons. The van der Waals surface area contributed by atoms with E-state index >= 15 is 0 Å². The number of carbonyl (C=O) groups is 1. The van der Waals surface area contributed by atoms with Crippen molar-refractivity contribution in [3.05, 3.63) is 28.8 Å². The second kappa shape index (κ2) is 7.90. The average molecular weight is 279 g/mol. The summed E-state index contributed by atoms with van der Waals surface area (Å²) < 4.78 is 10.7. The smallest absolute Gasteiger partial charge is 0.260 e. The zero-order valence-electron chi connectivity index (χ0n) is 13.1. The number of rotatable bonds is 7. The van der Waals surface area contributed by atoms with Crippen molar-refractivity contribution in [2.45, 2.75) is 40.2 Å². The number of carbonyl (C=O) groups excluding carboxylic acids is 1. The minimum atomic E-state index is -0.502. The Morgan fingerprint density at radius 3 is 2.65 bits per heavy atom. The highest BCUT2D eigenvalue weighted by atomic mass is 16.5. The summed E-state index contributed by atoms with van der Waals surface area (Å²) in [6.45, 7) is 9.09. The van der Waals surface area contributed by atoms with Gasteiger partial charge < -0.3 is 14.8 Å². The average Bonchev–Trinajstić information content (AvgIpc) is 2.40. The van der Waals surface area contributed by atoms with Gasteiger partial charge in [0.15, 0.2) is 6.10 Å². The summed E-state index contributed by atoms with van der Waals surface area (Å²) in [5.41, 5.74) is 3.39. The van der Waals surface area contributed by atoms with Gasteiger partial charge in [-0.15, -0.1) is 0 Å². The van der Waals surface area contributed by atoms with E-state index < -0.39 is 6.10 Å². The summed E-state index contributed by atoms with van der Waals surface area (Å²) in [7, 11) is 1.65. The lowest BCUT2D eigenvalue weighted by atomic mass is 10.1. The van der Waals surface area contributed by atoms with Crippen LogP contribution in [0.2, 0.25) is 0 Å². The first-order chi connectivity index (χ1) is 9.45. The van der Waals surface area contributed by atoms with Gasteiger partial charge in [0.05, 0.1) is 0 Å². The van der Waals surface area contributed by atoms with E-state index in [0.717, 1.165) is 23.3 Å². The van der Waals surface area contributed by atoms with Crippen LogP contribution < -0.4 is 10.1 Å². The summed E-state index contributed by atoms with van der Waals surface area (Å²) in [6, 6.07) is 4.08. The molecule has 0 saturated carbocycles. The number of ether oxygens (including phenoxy) is 2. The van der Waals surface area contributed by atoms with Crippen LogP contribution >= 0.6 is 0 Å². The zero-order chi connectivity index (χ0) is 15.1. The predicted molar refractivity (Wildman–Crippen MR) is 80.2 cm³/mol. The molecule has 0 spiro atoms. The van der Waals surface area contributed by atoms with Crippen LogP contribution in [0.5, 0.6) is 5.75 Å². The molecule has 0 fully saturated rings. The number of hydrogen-bond acceptors (Lipinski definition) is 3. The van der Waals surface area contributed by atoms with E-state index in [4.69, 9.17) is 9.47 Å². The van der Waals surface area contributed by atoms with Crippen molar-refractivity contribution in [2.24, 2.45) is 0 Å². The highest BCUT2D eigenvalue weighted by Gasteiger charge is 2.15. The van der Waals surface area contributed by atoms with E-state index in [1.54, 1.807) is 14.0 Å². The molecule has 1 N–H and O–H groups in total. The van der Waals surface area contributed by atoms with Gasteiger partial charge in [0.1, 0.15) is 5.75 Å². The summed E-state index contributed by atoms with van der Waals surface area (Å²) >= 11 is 0. The highest BCUT2D eigenvalue weighted by molar-refractivity contribution is 5.80. The van der Waals surface area contributed by atoms with Gasteiger partial charge in [0, 0.05) is 20.3 Å². The lowest BCUT2D eigenvalue weighted by Crippen LogP contribution is -2.37. The van der Waals surface area contributed by atoms with Crippen LogP contribution in [-0.4, -0.2) is 32.3 Å². The molecule has 1 unspecified atom stereocenters. The molecule has 1 aromatic rings. The van der Waals surface area contributed by atoms with Gasteiger partial charge >= 0.3 is 0 Å². The number of hydrogen-bond donors (Lipinski definition) is 1. The lowest BCUT2D eigenvalue weighted by molar-refractivity contribution is -0.127. The zero-order valence-corrected chi connectivity index (χ0v) is 13.1. The monoisotopic (exact) mass is 279 g/mol. The van der Waals surface area contributed by atoms with Crippen molar-refractivity contribution in [2.75, 3.05) is 20.3 Å². The number of aryl methyl sites for hydroxylation is 2. The third kappa shape index (κ3) is 4.85. The molecule has 1 aromatic carbocycles. The molecule has 0 aliphatic carbocycles. The van der Waals surface area contributed by atoms with E-state index in [1.165, 1.54) is 5.56 Å². The van der Waals surface area contributed by atoms with Gasteiger partial charge in [0.2, 0.25) is 0 Å². The predicted octanol–water partition coefficient (Wildman–Crippen LogP) is 2.53. The fourth-order valence-corrected chi connectivity index (χ4v) is 1.94. The van der Waals surface area contributed by atoms with Gasteiger partial charge in [-0.05, 0) is 56.9 Å². The van der Waals surface area contributed by atoms with Crippen LogP contribution in [0.4, 0.5) is 0 Å². The molecule has 0 aromatic heterocycles. The molecule has 1 atom stereocenters. The molecule has 112 valence electrons. The summed E-state index contributed by atoms with van der Waals surface area (Å²) in [5.74, 6) is 0.682. The Morgan fingerprint density at radius 2 is 2.00 bits per heavy atom. The molecule has 1 amide bonds. The molecule has 1 rings (SSSR count). The SMILES string of the molecule is COCCCNC(=O)C(C)Oc1cc(C)cc(C)c1C. The Hall–Kier alpha value is -1.55. The van der Waals surface area contributed by atoms with Crippen molar-refractivity contribution in [3.63, 3.8) is 0 Å². The minimum absolute atomic E-state index is 0.0975. The fourth-order valence-electron chi connectivity index (χ4n) is 1.94. The van der Waals surface area contributed by atoms with E-state index in [1.807, 2.05) is 26.8 Å². The van der Waals surface area contributed by atoms with Crippen LogP contribution in [0.15, 0.2) is 12.1 Å². The Balaban J connectivity index is 2.57. The third-order valence-corrected chi connectivity index (χ3v) is 3.26. The highest BCUT2D eigenvalue weighted by Crippen LogP contribution is 2.24. The largest absolute Gasteiger partial charge is 0.481 e. The molecule has 4 heteroatoms. The first-order valence-electron chi connectivity index (χ1n) is 6.97. The van der Waals surface area contributed by atoms with Crippen LogP contribution in [0, 0.1) is 20.8 Å². The van der Waals surface area contributed by atoms with Crippen LogP contribution in [0.1, 0.15) is 30.0 Å². The normalized spacial score (nSPS) is 12.1. The lowest BCUT2D eigenvalue weighted by Gasteiger charge is -2.18. The minimum Gasteiger partial charge on any atom is -0.481 e. The maximum atomic E-state index is 11.9.